The van der Waals surface area contributed by atoms with E-state index >= 15 is 0 Å². The standard InChI is InChI=1S/C24H21ClIN3O2/c1-29-21-14-8-6-12-19(21)23(18-10-3-2-4-11-18)28-26(24(29)31)27-22(30)16-15-17-9-5-7-13-20(17)25/h2-14H,15-16H2,1H3,(H,27,30). The van der Waals surface area contributed by atoms with Crippen LogP contribution in [0.15, 0.2) is 82.1 Å². The van der Waals surface area contributed by atoms with E-state index in [0.717, 1.165) is 28.1 Å². The molecule has 0 unspecified atom stereocenters. The van der Waals surface area contributed by atoms with Crippen LogP contribution in [0, 0.1) is 0 Å². The fourth-order valence-electron chi connectivity index (χ4n) is 3.31. The third-order valence-electron chi connectivity index (χ3n) is 4.93. The fourth-order valence-corrected chi connectivity index (χ4v) is 6.90. The van der Waals surface area contributed by atoms with Crippen molar-refractivity contribution in [3.63, 3.8) is 0 Å². The van der Waals surface area contributed by atoms with Gasteiger partial charge in [0.1, 0.15) is 0 Å². The number of rotatable bonds is 5. The number of amides is 2. The summed E-state index contributed by atoms with van der Waals surface area (Å²) in [5.74, 6) is -0.186. The van der Waals surface area contributed by atoms with Crippen molar-refractivity contribution in [3.8, 4) is 0 Å². The number of carbonyl (C=O) groups excluding carboxylic acids is 2. The van der Waals surface area contributed by atoms with Gasteiger partial charge < -0.3 is 0 Å². The number of hydrogen-bond acceptors (Lipinski definition) is 3. The maximum absolute atomic E-state index is 13.2. The zero-order chi connectivity index (χ0) is 21.8. The number of nitrogens with one attached hydrogen (secondary N) is 1. The minimum absolute atomic E-state index is 0.131. The summed E-state index contributed by atoms with van der Waals surface area (Å²) >= 11 is 3.29. The molecule has 0 spiro atoms. The molecule has 0 saturated carbocycles. The predicted octanol–water partition coefficient (Wildman–Crippen LogP) is 5.83. The zero-order valence-corrected chi connectivity index (χ0v) is 19.8. The van der Waals surface area contributed by atoms with Crippen LogP contribution in [0.2, 0.25) is 5.02 Å². The summed E-state index contributed by atoms with van der Waals surface area (Å²) in [7, 11) is 1.74. The Morgan fingerprint density at radius 2 is 1.68 bits per heavy atom. The van der Waals surface area contributed by atoms with Gasteiger partial charge in [-0.2, -0.15) is 0 Å². The zero-order valence-electron chi connectivity index (χ0n) is 16.9. The van der Waals surface area contributed by atoms with Crippen molar-refractivity contribution in [2.24, 2.45) is 3.21 Å². The molecule has 5 nitrogen and oxygen atoms in total. The van der Waals surface area contributed by atoms with Gasteiger partial charge in [-0.25, -0.2) is 0 Å². The van der Waals surface area contributed by atoms with E-state index < -0.39 is 20.4 Å². The van der Waals surface area contributed by atoms with Gasteiger partial charge in [0, 0.05) is 0 Å². The van der Waals surface area contributed by atoms with E-state index in [4.69, 9.17) is 14.8 Å². The average Bonchev–Trinajstić information content (AvgIpc) is 2.90. The van der Waals surface area contributed by atoms with E-state index in [1.807, 2.05) is 78.9 Å². The minimum atomic E-state index is -2.91. The Hall–Kier alpha value is -2.71. The van der Waals surface area contributed by atoms with Gasteiger partial charge >= 0.3 is 195 Å². The van der Waals surface area contributed by atoms with Gasteiger partial charge in [-0.15, -0.1) is 0 Å². The van der Waals surface area contributed by atoms with E-state index in [-0.39, 0.29) is 16.2 Å². The van der Waals surface area contributed by atoms with Crippen LogP contribution in [0.4, 0.5) is 10.5 Å². The molecule has 158 valence electrons. The summed E-state index contributed by atoms with van der Waals surface area (Å²) in [6.45, 7) is 0. The second kappa shape index (κ2) is 9.62. The molecule has 0 aromatic heterocycles. The first kappa shape index (κ1) is 21.5. The SMILES string of the molecule is CN1C(=O)I(NC(=O)CCc2ccccc2Cl)N=C(c2ccccc2)c2ccccc21. The van der Waals surface area contributed by atoms with E-state index in [1.54, 1.807) is 11.9 Å². The van der Waals surface area contributed by atoms with Gasteiger partial charge in [0.05, 0.1) is 0 Å². The van der Waals surface area contributed by atoms with Crippen LogP contribution in [0.3, 0.4) is 0 Å². The summed E-state index contributed by atoms with van der Waals surface area (Å²) in [5.41, 5.74) is 4.25. The molecule has 0 saturated heterocycles. The molecule has 0 atom stereocenters. The van der Waals surface area contributed by atoms with Gasteiger partial charge in [-0.05, 0) is 0 Å². The van der Waals surface area contributed by atoms with Gasteiger partial charge in [0.25, 0.3) is 0 Å². The average molecular weight is 546 g/mol. The number of hydrogen-bond donors (Lipinski definition) is 1. The Morgan fingerprint density at radius 1 is 1.00 bits per heavy atom. The number of aryl methyl sites for hydroxylation is 1. The third-order valence-corrected chi connectivity index (χ3v) is 8.97. The third kappa shape index (κ3) is 4.80. The monoisotopic (exact) mass is 545 g/mol. The van der Waals surface area contributed by atoms with Crippen LogP contribution in [-0.2, 0) is 11.2 Å². The second-order valence-corrected chi connectivity index (χ2v) is 10.9. The molecule has 4 rings (SSSR count). The predicted molar refractivity (Wildman–Crippen MR) is 134 cm³/mol. The van der Waals surface area contributed by atoms with E-state index in [9.17, 15) is 9.59 Å². The first-order valence-corrected chi connectivity index (χ1v) is 13.3. The fraction of sp³-hybridized carbons (Fsp3) is 0.125. The van der Waals surface area contributed by atoms with Crippen molar-refractivity contribution in [2.45, 2.75) is 12.8 Å². The first-order valence-electron chi connectivity index (χ1n) is 9.78. The number of nitrogens with zero attached hydrogens (tertiary/aromatic N) is 2. The Bertz CT molecular complexity index is 1150. The molecular weight excluding hydrogens is 525 g/mol. The van der Waals surface area contributed by atoms with Crippen molar-refractivity contribution in [1.82, 2.24) is 3.53 Å². The number of halogens is 2. The number of fused-ring (bicyclic) bond motifs is 1. The van der Waals surface area contributed by atoms with Crippen LogP contribution in [0.1, 0.15) is 23.1 Å². The number of anilines is 1. The van der Waals surface area contributed by atoms with Crippen LogP contribution in [0.25, 0.3) is 0 Å². The van der Waals surface area contributed by atoms with Crippen molar-refractivity contribution in [1.29, 1.82) is 0 Å². The summed E-state index contributed by atoms with van der Waals surface area (Å²) in [6, 6.07) is 24.9. The maximum atomic E-state index is 13.2. The molecule has 1 N–H and O–H groups in total. The molecule has 0 bridgehead atoms. The number of carbonyl (C=O) groups is 2. The van der Waals surface area contributed by atoms with Crippen molar-refractivity contribution in [2.75, 3.05) is 11.9 Å². The normalized spacial score (nSPS) is 14.5. The molecule has 3 aromatic rings. The van der Waals surface area contributed by atoms with Crippen molar-refractivity contribution in [3.05, 3.63) is 101 Å². The Morgan fingerprint density at radius 3 is 2.45 bits per heavy atom. The molecule has 3 aromatic carbocycles. The molecule has 1 heterocycles. The van der Waals surface area contributed by atoms with E-state index in [1.165, 1.54) is 0 Å². The first-order chi connectivity index (χ1) is 15.0. The van der Waals surface area contributed by atoms with Gasteiger partial charge in [-0.1, -0.05) is 0 Å². The molecule has 0 radical (unpaired) electrons. The Kier molecular flexibility index (Phi) is 6.67. The van der Waals surface area contributed by atoms with Crippen LogP contribution >= 0.6 is 32.0 Å². The topological polar surface area (TPSA) is 61.8 Å². The van der Waals surface area contributed by atoms with Crippen LogP contribution < -0.4 is 8.43 Å². The molecule has 31 heavy (non-hydrogen) atoms. The Labute approximate surface area is 194 Å². The number of benzene rings is 3. The van der Waals surface area contributed by atoms with E-state index in [0.29, 0.717) is 11.4 Å². The molecule has 0 aliphatic carbocycles. The molecule has 2 amide bonds. The van der Waals surface area contributed by atoms with Crippen molar-refractivity contribution >= 4 is 53.2 Å². The van der Waals surface area contributed by atoms with E-state index in [2.05, 4.69) is 3.53 Å². The Balaban J connectivity index is 1.62. The van der Waals surface area contributed by atoms with Crippen LogP contribution in [0.5, 0.6) is 0 Å². The van der Waals surface area contributed by atoms with Gasteiger partial charge in [0.15, 0.2) is 0 Å². The summed E-state index contributed by atoms with van der Waals surface area (Å²) in [4.78, 5) is 27.5. The second-order valence-electron chi connectivity index (χ2n) is 7.00. The molecule has 0 fully saturated rings. The summed E-state index contributed by atoms with van der Waals surface area (Å²) in [5, 5.41) is 0.638. The van der Waals surface area contributed by atoms with Gasteiger partial charge in [-0.3, -0.25) is 0 Å². The van der Waals surface area contributed by atoms with Gasteiger partial charge in [0.2, 0.25) is 0 Å². The molecule has 1 aliphatic rings. The molecule has 7 heteroatoms. The van der Waals surface area contributed by atoms with Crippen LogP contribution in [-0.4, -0.2) is 22.6 Å². The van der Waals surface area contributed by atoms with Crippen molar-refractivity contribution < 1.29 is 9.59 Å². The molecular formula is C24H21ClIN3O2. The number of para-hydroxylation sites is 1. The summed E-state index contributed by atoms with van der Waals surface area (Å²) < 4.78 is 7.68. The summed E-state index contributed by atoms with van der Waals surface area (Å²) in [6.07, 6.45) is 0.757. The molecule has 1 aliphatic heterocycles. The quantitative estimate of drug-likeness (QED) is 0.190.